The minimum atomic E-state index is -0.239. The highest BCUT2D eigenvalue weighted by molar-refractivity contribution is 6.99. The highest BCUT2D eigenvalue weighted by Gasteiger charge is 2.20. The summed E-state index contributed by atoms with van der Waals surface area (Å²) in [6.07, 6.45) is 1.66. The minimum Gasteiger partial charge on any atom is -0.341 e. The van der Waals surface area contributed by atoms with Crippen molar-refractivity contribution in [3.63, 3.8) is 0 Å². The summed E-state index contributed by atoms with van der Waals surface area (Å²) in [6.45, 7) is 7.71. The standard InChI is InChI=1S/C11H16N6OS/c1-6(2)17-5-12-14-10(17)8(4)13-11(18)9-7(3)15-19-16-9/h5-6,8H,1-4H3,(H,13,18). The van der Waals surface area contributed by atoms with Crippen LogP contribution >= 0.6 is 11.7 Å². The molecule has 8 heteroatoms. The van der Waals surface area contributed by atoms with Gasteiger partial charge in [0.15, 0.2) is 11.5 Å². The molecule has 1 unspecified atom stereocenters. The number of hydrogen-bond donors (Lipinski definition) is 1. The third kappa shape index (κ3) is 2.78. The summed E-state index contributed by atoms with van der Waals surface area (Å²) in [6, 6.07) is 0.00512. The zero-order chi connectivity index (χ0) is 14.0. The molecule has 0 aliphatic heterocycles. The fourth-order valence-electron chi connectivity index (χ4n) is 1.73. The quantitative estimate of drug-likeness (QED) is 0.917. The second-order valence-corrected chi connectivity index (χ2v) is 5.11. The van der Waals surface area contributed by atoms with Crippen LogP contribution in [0.4, 0.5) is 0 Å². The van der Waals surface area contributed by atoms with Gasteiger partial charge in [0.2, 0.25) is 0 Å². The average molecular weight is 280 g/mol. The Labute approximate surface area is 115 Å². The van der Waals surface area contributed by atoms with Crippen molar-refractivity contribution in [3.8, 4) is 0 Å². The van der Waals surface area contributed by atoms with E-state index in [2.05, 4.69) is 24.3 Å². The molecule has 0 fully saturated rings. The highest BCUT2D eigenvalue weighted by Crippen LogP contribution is 2.15. The number of hydrogen-bond acceptors (Lipinski definition) is 6. The summed E-state index contributed by atoms with van der Waals surface area (Å²) >= 11 is 1.03. The number of amides is 1. The van der Waals surface area contributed by atoms with E-state index in [0.29, 0.717) is 11.4 Å². The fourth-order valence-corrected chi connectivity index (χ4v) is 2.27. The number of rotatable bonds is 4. The Hall–Kier alpha value is -1.83. The van der Waals surface area contributed by atoms with Gasteiger partial charge in [0, 0.05) is 6.04 Å². The first-order valence-corrected chi connectivity index (χ1v) is 6.73. The van der Waals surface area contributed by atoms with Crippen molar-refractivity contribution in [1.82, 2.24) is 28.8 Å². The van der Waals surface area contributed by atoms with Crippen molar-refractivity contribution in [2.24, 2.45) is 0 Å². The summed E-state index contributed by atoms with van der Waals surface area (Å²) in [5.74, 6) is 0.487. The van der Waals surface area contributed by atoms with Gasteiger partial charge in [0.05, 0.1) is 23.5 Å². The zero-order valence-corrected chi connectivity index (χ0v) is 12.1. The van der Waals surface area contributed by atoms with E-state index in [1.165, 1.54) is 0 Å². The third-order valence-electron chi connectivity index (χ3n) is 2.76. The van der Waals surface area contributed by atoms with E-state index in [1.807, 2.05) is 25.3 Å². The van der Waals surface area contributed by atoms with Crippen LogP contribution in [0.1, 0.15) is 54.9 Å². The maximum atomic E-state index is 12.0. The first-order valence-electron chi connectivity index (χ1n) is 6.00. The summed E-state index contributed by atoms with van der Waals surface area (Å²) in [7, 11) is 0. The van der Waals surface area contributed by atoms with Crippen LogP contribution in [0.5, 0.6) is 0 Å². The molecule has 0 bridgehead atoms. The summed E-state index contributed by atoms with van der Waals surface area (Å²) in [5.41, 5.74) is 1.01. The van der Waals surface area contributed by atoms with Crippen LogP contribution in [0.2, 0.25) is 0 Å². The van der Waals surface area contributed by atoms with Crippen LogP contribution in [0.15, 0.2) is 6.33 Å². The van der Waals surface area contributed by atoms with Crippen molar-refractivity contribution in [1.29, 1.82) is 0 Å². The minimum absolute atomic E-state index is 0.238. The van der Waals surface area contributed by atoms with Gasteiger partial charge in [-0.15, -0.1) is 10.2 Å². The lowest BCUT2D eigenvalue weighted by Crippen LogP contribution is -2.29. The van der Waals surface area contributed by atoms with Crippen molar-refractivity contribution in [2.75, 3.05) is 0 Å². The monoisotopic (exact) mass is 280 g/mol. The van der Waals surface area contributed by atoms with Gasteiger partial charge in [-0.3, -0.25) is 4.79 Å². The normalized spacial score (nSPS) is 12.7. The summed E-state index contributed by atoms with van der Waals surface area (Å²) in [5, 5.41) is 10.8. The molecule has 0 radical (unpaired) electrons. The maximum Gasteiger partial charge on any atom is 0.273 e. The molecule has 0 spiro atoms. The molecule has 7 nitrogen and oxygen atoms in total. The lowest BCUT2D eigenvalue weighted by Gasteiger charge is -2.16. The predicted octanol–water partition coefficient (Wildman–Crippen LogP) is 1.51. The Morgan fingerprint density at radius 2 is 2.11 bits per heavy atom. The zero-order valence-electron chi connectivity index (χ0n) is 11.3. The molecule has 1 N–H and O–H groups in total. The molecule has 2 aromatic heterocycles. The lowest BCUT2D eigenvalue weighted by atomic mass is 10.2. The van der Waals surface area contributed by atoms with Crippen LogP contribution in [0.25, 0.3) is 0 Å². The predicted molar refractivity (Wildman–Crippen MR) is 70.9 cm³/mol. The largest absolute Gasteiger partial charge is 0.341 e. The van der Waals surface area contributed by atoms with Crippen molar-refractivity contribution < 1.29 is 4.79 Å². The number of aryl methyl sites for hydroxylation is 1. The lowest BCUT2D eigenvalue weighted by molar-refractivity contribution is 0.0932. The topological polar surface area (TPSA) is 85.6 Å². The Kier molecular flexibility index (Phi) is 3.89. The van der Waals surface area contributed by atoms with Gasteiger partial charge in [-0.2, -0.15) is 8.75 Å². The van der Waals surface area contributed by atoms with E-state index in [4.69, 9.17) is 0 Å². The SMILES string of the molecule is Cc1nsnc1C(=O)NC(C)c1nncn1C(C)C. The molecule has 2 heterocycles. The van der Waals surface area contributed by atoms with E-state index in [-0.39, 0.29) is 18.0 Å². The number of aromatic nitrogens is 5. The van der Waals surface area contributed by atoms with Gasteiger partial charge in [0.25, 0.3) is 5.91 Å². The Bertz CT molecular complexity index is 575. The van der Waals surface area contributed by atoms with E-state index < -0.39 is 0 Å². The van der Waals surface area contributed by atoms with Crippen LogP contribution in [-0.4, -0.2) is 29.4 Å². The number of carbonyl (C=O) groups is 1. The van der Waals surface area contributed by atoms with Crippen molar-refractivity contribution in [2.45, 2.75) is 39.8 Å². The van der Waals surface area contributed by atoms with Gasteiger partial charge in [-0.05, 0) is 27.7 Å². The molecular weight excluding hydrogens is 264 g/mol. The fraction of sp³-hybridized carbons (Fsp3) is 0.545. The van der Waals surface area contributed by atoms with Crippen LogP contribution in [0.3, 0.4) is 0 Å². The second kappa shape index (κ2) is 5.43. The molecular formula is C11H16N6OS. The average Bonchev–Trinajstić information content (AvgIpc) is 2.96. The van der Waals surface area contributed by atoms with E-state index in [0.717, 1.165) is 17.6 Å². The molecule has 1 atom stereocenters. The maximum absolute atomic E-state index is 12.0. The highest BCUT2D eigenvalue weighted by atomic mass is 32.1. The number of nitrogens with zero attached hydrogens (tertiary/aromatic N) is 5. The molecule has 2 aromatic rings. The summed E-state index contributed by atoms with van der Waals surface area (Å²) < 4.78 is 9.90. The molecule has 2 rings (SSSR count). The molecule has 19 heavy (non-hydrogen) atoms. The van der Waals surface area contributed by atoms with Crippen LogP contribution < -0.4 is 5.32 Å². The molecule has 0 saturated carbocycles. The molecule has 102 valence electrons. The van der Waals surface area contributed by atoms with E-state index in [9.17, 15) is 4.79 Å². The molecule has 0 saturated heterocycles. The Balaban J connectivity index is 2.13. The number of carbonyl (C=O) groups excluding carboxylic acids is 1. The smallest absolute Gasteiger partial charge is 0.273 e. The summed E-state index contributed by atoms with van der Waals surface area (Å²) in [4.78, 5) is 12.0. The first-order chi connectivity index (χ1) is 9.00. The molecule has 0 aromatic carbocycles. The third-order valence-corrected chi connectivity index (χ3v) is 3.38. The molecule has 0 aliphatic rings. The van der Waals surface area contributed by atoms with Gasteiger partial charge in [-0.25, -0.2) is 0 Å². The van der Waals surface area contributed by atoms with Gasteiger partial charge >= 0.3 is 0 Å². The van der Waals surface area contributed by atoms with Crippen LogP contribution in [0, 0.1) is 6.92 Å². The van der Waals surface area contributed by atoms with Gasteiger partial charge in [0.1, 0.15) is 6.33 Å². The van der Waals surface area contributed by atoms with E-state index in [1.54, 1.807) is 13.3 Å². The second-order valence-electron chi connectivity index (χ2n) is 4.58. The Morgan fingerprint density at radius 3 is 2.68 bits per heavy atom. The number of nitrogens with one attached hydrogen (secondary N) is 1. The van der Waals surface area contributed by atoms with Crippen molar-refractivity contribution in [3.05, 3.63) is 23.5 Å². The molecule has 0 aliphatic carbocycles. The first kappa shape index (κ1) is 13.6. The van der Waals surface area contributed by atoms with Crippen molar-refractivity contribution >= 4 is 17.6 Å². The van der Waals surface area contributed by atoms with Crippen LogP contribution in [-0.2, 0) is 0 Å². The Morgan fingerprint density at radius 1 is 1.37 bits per heavy atom. The van der Waals surface area contributed by atoms with Gasteiger partial charge in [-0.1, -0.05) is 0 Å². The van der Waals surface area contributed by atoms with E-state index >= 15 is 0 Å². The van der Waals surface area contributed by atoms with Gasteiger partial charge < -0.3 is 9.88 Å². The molecule has 1 amide bonds.